The van der Waals surface area contributed by atoms with Crippen LogP contribution in [-0.2, 0) is 0 Å². The number of nitrogens with two attached hydrogens (primary N) is 1. The second-order valence-corrected chi connectivity index (χ2v) is 6.59. The van der Waals surface area contributed by atoms with E-state index in [9.17, 15) is 0 Å². The van der Waals surface area contributed by atoms with Gasteiger partial charge >= 0.3 is 0 Å². The predicted octanol–water partition coefficient (Wildman–Crippen LogP) is 3.77. The summed E-state index contributed by atoms with van der Waals surface area (Å²) < 4.78 is 0. The molecule has 0 atom stereocenters. The number of aromatic nitrogens is 3. The van der Waals surface area contributed by atoms with Gasteiger partial charge in [-0.2, -0.15) is 0 Å². The highest BCUT2D eigenvalue weighted by molar-refractivity contribution is 5.67. The first-order chi connectivity index (χ1) is 12.7. The molecule has 6 heteroatoms. The summed E-state index contributed by atoms with van der Waals surface area (Å²) in [6, 6.07) is 11.7. The Morgan fingerprint density at radius 1 is 1.04 bits per heavy atom. The van der Waals surface area contributed by atoms with Gasteiger partial charge in [-0.1, -0.05) is 6.07 Å². The molecule has 6 nitrogen and oxygen atoms in total. The normalized spacial score (nSPS) is 13.8. The van der Waals surface area contributed by atoms with Crippen LogP contribution in [-0.4, -0.2) is 28.0 Å². The van der Waals surface area contributed by atoms with E-state index < -0.39 is 0 Å². The van der Waals surface area contributed by atoms with Crippen molar-refractivity contribution >= 4 is 23.0 Å². The third kappa shape index (κ3) is 3.59. The minimum atomic E-state index is 0.553. The van der Waals surface area contributed by atoms with E-state index in [1.165, 1.54) is 12.8 Å². The number of hydrogen-bond acceptors (Lipinski definition) is 6. The number of benzene rings is 1. The van der Waals surface area contributed by atoms with Gasteiger partial charge < -0.3 is 16.0 Å². The zero-order valence-corrected chi connectivity index (χ0v) is 14.8. The van der Waals surface area contributed by atoms with Crippen LogP contribution in [0.5, 0.6) is 0 Å². The summed E-state index contributed by atoms with van der Waals surface area (Å²) in [5.41, 5.74) is 11.3. The van der Waals surface area contributed by atoms with Crippen molar-refractivity contribution in [2.45, 2.75) is 19.8 Å². The Labute approximate surface area is 153 Å². The van der Waals surface area contributed by atoms with Gasteiger partial charge in [0.25, 0.3) is 0 Å². The van der Waals surface area contributed by atoms with E-state index in [1.807, 2.05) is 49.6 Å². The molecule has 3 N–H and O–H groups in total. The molecule has 0 radical (unpaired) electrons. The number of rotatable bonds is 4. The molecule has 132 valence electrons. The van der Waals surface area contributed by atoms with Crippen LogP contribution in [0.4, 0.5) is 23.0 Å². The van der Waals surface area contributed by atoms with Gasteiger partial charge in [-0.3, -0.25) is 4.98 Å². The molecule has 2 aromatic heterocycles. The van der Waals surface area contributed by atoms with Gasteiger partial charge in [-0.15, -0.1) is 0 Å². The van der Waals surface area contributed by atoms with Crippen molar-refractivity contribution in [3.8, 4) is 11.3 Å². The molecule has 0 bridgehead atoms. The van der Waals surface area contributed by atoms with E-state index in [4.69, 9.17) is 5.73 Å². The van der Waals surface area contributed by atoms with Crippen molar-refractivity contribution in [1.29, 1.82) is 0 Å². The Kier molecular flexibility index (Phi) is 4.39. The molecule has 3 heterocycles. The van der Waals surface area contributed by atoms with Gasteiger partial charge in [0.2, 0.25) is 5.95 Å². The first-order valence-corrected chi connectivity index (χ1v) is 8.86. The maximum absolute atomic E-state index is 5.85. The van der Waals surface area contributed by atoms with E-state index in [0.717, 1.165) is 41.4 Å². The molecule has 1 fully saturated rings. The second kappa shape index (κ2) is 7.00. The summed E-state index contributed by atoms with van der Waals surface area (Å²) in [5.74, 6) is 0.553. The van der Waals surface area contributed by atoms with Crippen molar-refractivity contribution < 1.29 is 0 Å². The van der Waals surface area contributed by atoms with Crippen molar-refractivity contribution in [2.24, 2.45) is 0 Å². The van der Waals surface area contributed by atoms with E-state index in [2.05, 4.69) is 31.2 Å². The molecule has 1 aliphatic heterocycles. The fraction of sp³-hybridized carbons (Fsp3) is 0.250. The summed E-state index contributed by atoms with van der Waals surface area (Å²) >= 11 is 0. The minimum absolute atomic E-state index is 0.553. The van der Waals surface area contributed by atoms with Gasteiger partial charge in [-0.25, -0.2) is 9.97 Å². The maximum atomic E-state index is 5.85. The third-order valence-corrected chi connectivity index (χ3v) is 4.49. The molecule has 0 aliphatic carbocycles. The van der Waals surface area contributed by atoms with E-state index >= 15 is 0 Å². The van der Waals surface area contributed by atoms with Crippen LogP contribution in [0.3, 0.4) is 0 Å². The van der Waals surface area contributed by atoms with Crippen molar-refractivity contribution in [2.75, 3.05) is 29.0 Å². The smallest absolute Gasteiger partial charge is 0.227 e. The summed E-state index contributed by atoms with van der Waals surface area (Å²) in [4.78, 5) is 16.0. The quantitative estimate of drug-likeness (QED) is 0.700. The number of aryl methyl sites for hydroxylation is 1. The highest BCUT2D eigenvalue weighted by Gasteiger charge is 2.14. The van der Waals surface area contributed by atoms with Crippen LogP contribution < -0.4 is 16.0 Å². The lowest BCUT2D eigenvalue weighted by Crippen LogP contribution is -2.17. The standard InChI is InChI=1S/C20H22N6/c1-14-9-19(15-10-18(13-22-12-15)26-7-2-3-8-26)25-20(23-14)24-17-6-4-5-16(21)11-17/h4-6,9-13H,2-3,7-8,21H2,1H3,(H,23,24,25). The maximum Gasteiger partial charge on any atom is 0.227 e. The molecular formula is C20H22N6. The Hall–Kier alpha value is -3.15. The van der Waals surface area contributed by atoms with Crippen LogP contribution in [0, 0.1) is 6.92 Å². The number of nitrogens with one attached hydrogen (secondary N) is 1. The Morgan fingerprint density at radius 3 is 2.69 bits per heavy atom. The number of pyridine rings is 1. The monoisotopic (exact) mass is 346 g/mol. The molecule has 0 unspecified atom stereocenters. The number of anilines is 4. The average molecular weight is 346 g/mol. The third-order valence-electron chi connectivity index (χ3n) is 4.49. The largest absolute Gasteiger partial charge is 0.399 e. The van der Waals surface area contributed by atoms with Crippen molar-refractivity contribution in [1.82, 2.24) is 15.0 Å². The predicted molar refractivity (Wildman–Crippen MR) is 106 cm³/mol. The number of nitrogens with zero attached hydrogens (tertiary/aromatic N) is 4. The van der Waals surface area contributed by atoms with Gasteiger partial charge in [0.15, 0.2) is 0 Å². The zero-order valence-electron chi connectivity index (χ0n) is 14.8. The Bertz CT molecular complexity index is 918. The van der Waals surface area contributed by atoms with Crippen LogP contribution in [0.2, 0.25) is 0 Å². The fourth-order valence-corrected chi connectivity index (χ4v) is 3.23. The first-order valence-electron chi connectivity index (χ1n) is 8.86. The topological polar surface area (TPSA) is 80.0 Å². The molecule has 0 spiro atoms. The molecule has 1 aromatic carbocycles. The lowest BCUT2D eigenvalue weighted by molar-refractivity contribution is 0.949. The number of nitrogen functional groups attached to an aromatic ring is 1. The summed E-state index contributed by atoms with van der Waals surface area (Å²) in [6.07, 6.45) is 6.26. The average Bonchev–Trinajstić information content (AvgIpc) is 3.16. The van der Waals surface area contributed by atoms with Gasteiger partial charge in [-0.05, 0) is 50.1 Å². The molecule has 3 aromatic rings. The van der Waals surface area contributed by atoms with Crippen molar-refractivity contribution in [3.05, 3.63) is 54.5 Å². The Morgan fingerprint density at radius 2 is 1.88 bits per heavy atom. The lowest BCUT2D eigenvalue weighted by Gasteiger charge is -2.17. The van der Waals surface area contributed by atoms with Gasteiger partial charge in [0.05, 0.1) is 17.6 Å². The lowest BCUT2D eigenvalue weighted by atomic mass is 10.1. The van der Waals surface area contributed by atoms with Gasteiger partial charge in [0.1, 0.15) is 0 Å². The minimum Gasteiger partial charge on any atom is -0.399 e. The van der Waals surface area contributed by atoms with Gasteiger partial charge in [0, 0.05) is 41.9 Å². The highest BCUT2D eigenvalue weighted by Crippen LogP contribution is 2.26. The number of hydrogen-bond donors (Lipinski definition) is 2. The molecular weight excluding hydrogens is 324 g/mol. The van der Waals surface area contributed by atoms with E-state index in [1.54, 1.807) is 0 Å². The van der Waals surface area contributed by atoms with Crippen LogP contribution in [0.25, 0.3) is 11.3 Å². The molecule has 4 rings (SSSR count). The first kappa shape index (κ1) is 16.3. The van der Waals surface area contributed by atoms with Crippen LogP contribution in [0.1, 0.15) is 18.5 Å². The fourth-order valence-electron chi connectivity index (χ4n) is 3.23. The molecule has 0 saturated carbocycles. The highest BCUT2D eigenvalue weighted by atomic mass is 15.1. The summed E-state index contributed by atoms with van der Waals surface area (Å²) in [6.45, 7) is 4.15. The van der Waals surface area contributed by atoms with Crippen LogP contribution >= 0.6 is 0 Å². The molecule has 1 aliphatic rings. The van der Waals surface area contributed by atoms with E-state index in [-0.39, 0.29) is 0 Å². The second-order valence-electron chi connectivity index (χ2n) is 6.59. The Balaban J connectivity index is 1.64. The SMILES string of the molecule is Cc1cc(-c2cncc(N3CCCC3)c2)nc(Nc2cccc(N)c2)n1. The van der Waals surface area contributed by atoms with E-state index in [0.29, 0.717) is 11.6 Å². The van der Waals surface area contributed by atoms with Crippen LogP contribution in [0.15, 0.2) is 48.8 Å². The van der Waals surface area contributed by atoms with Crippen molar-refractivity contribution in [3.63, 3.8) is 0 Å². The zero-order chi connectivity index (χ0) is 17.9. The molecule has 26 heavy (non-hydrogen) atoms. The summed E-state index contributed by atoms with van der Waals surface area (Å²) in [5, 5.41) is 3.23. The molecule has 0 amide bonds. The summed E-state index contributed by atoms with van der Waals surface area (Å²) in [7, 11) is 0. The molecule has 1 saturated heterocycles.